The number of aromatic nitrogens is 1. The highest BCUT2D eigenvalue weighted by atomic mass is 32.2. The number of morpholine rings is 1. The zero-order chi connectivity index (χ0) is 22.7. The van der Waals surface area contributed by atoms with Gasteiger partial charge in [-0.3, -0.25) is 0 Å². The number of hydrogen-bond acceptors (Lipinski definition) is 6. The molecule has 8 nitrogen and oxygen atoms in total. The smallest absolute Gasteiger partial charge is 0.340 e. The van der Waals surface area contributed by atoms with Gasteiger partial charge in [0.05, 0.1) is 36.5 Å². The van der Waals surface area contributed by atoms with Crippen molar-refractivity contribution in [1.29, 1.82) is 0 Å². The van der Waals surface area contributed by atoms with Gasteiger partial charge in [-0.05, 0) is 49.7 Å². The van der Waals surface area contributed by atoms with Crippen LogP contribution in [0.25, 0.3) is 0 Å². The highest BCUT2D eigenvalue weighted by molar-refractivity contribution is 7.89. The molecule has 0 bridgehead atoms. The standard InChI is InChI=1S/C23H26N2O6S/c1-17-13-22(18(2)25(17)15-20-6-4-10-30-20)23(26)31-16-19-5-3-7-21(14-19)32(27,28)24-8-11-29-12-9-24/h3-7,10,13-14H,8-9,11-12,15-16H2,1-2H3. The molecule has 0 atom stereocenters. The largest absolute Gasteiger partial charge is 0.467 e. The Morgan fingerprint density at radius 3 is 2.59 bits per heavy atom. The fourth-order valence-electron chi connectivity index (χ4n) is 3.77. The van der Waals surface area contributed by atoms with Crippen LogP contribution in [0.3, 0.4) is 0 Å². The van der Waals surface area contributed by atoms with Gasteiger partial charge in [-0.15, -0.1) is 0 Å². The molecule has 3 aromatic rings. The Bertz CT molecular complexity index is 1190. The Hall–Kier alpha value is -2.88. The number of ether oxygens (including phenoxy) is 2. The highest BCUT2D eigenvalue weighted by Gasteiger charge is 2.26. The lowest BCUT2D eigenvalue weighted by atomic mass is 10.2. The molecule has 1 saturated heterocycles. The monoisotopic (exact) mass is 458 g/mol. The van der Waals surface area contributed by atoms with Crippen molar-refractivity contribution in [2.75, 3.05) is 26.3 Å². The summed E-state index contributed by atoms with van der Waals surface area (Å²) in [4.78, 5) is 12.9. The third-order valence-corrected chi connectivity index (χ3v) is 7.46. The van der Waals surface area contributed by atoms with E-state index >= 15 is 0 Å². The van der Waals surface area contributed by atoms with E-state index in [9.17, 15) is 13.2 Å². The van der Waals surface area contributed by atoms with Crippen LogP contribution in [-0.2, 0) is 32.6 Å². The van der Waals surface area contributed by atoms with E-state index < -0.39 is 16.0 Å². The van der Waals surface area contributed by atoms with E-state index in [4.69, 9.17) is 13.9 Å². The van der Waals surface area contributed by atoms with Crippen LogP contribution < -0.4 is 0 Å². The molecular weight excluding hydrogens is 432 g/mol. The Kier molecular flexibility index (Phi) is 6.50. The predicted octanol–water partition coefficient (Wildman–Crippen LogP) is 3.12. The van der Waals surface area contributed by atoms with Gasteiger partial charge in [0, 0.05) is 24.5 Å². The van der Waals surface area contributed by atoms with Gasteiger partial charge >= 0.3 is 5.97 Å². The van der Waals surface area contributed by atoms with Gasteiger partial charge in [0.25, 0.3) is 0 Å². The van der Waals surface area contributed by atoms with Crippen LogP contribution in [0.2, 0.25) is 0 Å². The Balaban J connectivity index is 1.45. The number of carbonyl (C=O) groups excluding carboxylic acids is 1. The molecule has 32 heavy (non-hydrogen) atoms. The number of aryl methyl sites for hydroxylation is 1. The third kappa shape index (κ3) is 4.64. The van der Waals surface area contributed by atoms with Crippen molar-refractivity contribution in [2.24, 2.45) is 0 Å². The molecule has 1 aliphatic heterocycles. The lowest BCUT2D eigenvalue weighted by molar-refractivity contribution is 0.0471. The molecular formula is C23H26N2O6S. The summed E-state index contributed by atoms with van der Waals surface area (Å²) >= 11 is 0. The summed E-state index contributed by atoms with van der Waals surface area (Å²) < 4.78 is 45.3. The van der Waals surface area contributed by atoms with Gasteiger partial charge in [0.15, 0.2) is 0 Å². The Labute approximate surface area is 187 Å². The van der Waals surface area contributed by atoms with E-state index in [0.717, 1.165) is 17.1 Å². The average Bonchev–Trinajstić information content (AvgIpc) is 3.42. The number of hydrogen-bond donors (Lipinski definition) is 0. The normalized spacial score (nSPS) is 15.1. The van der Waals surface area contributed by atoms with Gasteiger partial charge < -0.3 is 18.5 Å². The van der Waals surface area contributed by atoms with Gasteiger partial charge in [-0.25, -0.2) is 13.2 Å². The molecule has 4 rings (SSSR count). The van der Waals surface area contributed by atoms with Crippen molar-refractivity contribution in [3.63, 3.8) is 0 Å². The summed E-state index contributed by atoms with van der Waals surface area (Å²) in [5, 5.41) is 0. The molecule has 0 saturated carbocycles. The van der Waals surface area contributed by atoms with E-state index in [2.05, 4.69) is 0 Å². The zero-order valence-corrected chi connectivity index (χ0v) is 18.9. The summed E-state index contributed by atoms with van der Waals surface area (Å²) in [5.41, 5.74) is 2.79. The first-order valence-electron chi connectivity index (χ1n) is 10.4. The van der Waals surface area contributed by atoms with E-state index in [1.807, 2.05) is 30.5 Å². The third-order valence-electron chi connectivity index (χ3n) is 5.56. The summed E-state index contributed by atoms with van der Waals surface area (Å²) in [5.74, 6) is 0.343. The maximum Gasteiger partial charge on any atom is 0.340 e. The van der Waals surface area contributed by atoms with Crippen molar-refractivity contribution < 1.29 is 27.1 Å². The maximum atomic E-state index is 12.9. The van der Waals surface area contributed by atoms with Crippen LogP contribution >= 0.6 is 0 Å². The molecule has 2 aromatic heterocycles. The van der Waals surface area contributed by atoms with Crippen molar-refractivity contribution >= 4 is 16.0 Å². The van der Waals surface area contributed by atoms with E-state index in [0.29, 0.717) is 44.0 Å². The van der Waals surface area contributed by atoms with E-state index in [-0.39, 0.29) is 11.5 Å². The predicted molar refractivity (Wildman–Crippen MR) is 117 cm³/mol. The molecule has 1 aromatic carbocycles. The summed E-state index contributed by atoms with van der Waals surface area (Å²) in [6.45, 7) is 5.72. The lowest BCUT2D eigenvalue weighted by Gasteiger charge is -2.26. The second-order valence-electron chi connectivity index (χ2n) is 7.69. The minimum absolute atomic E-state index is 0.0207. The fourth-order valence-corrected chi connectivity index (χ4v) is 5.25. The molecule has 9 heteroatoms. The van der Waals surface area contributed by atoms with Gasteiger partial charge in [0.1, 0.15) is 12.4 Å². The van der Waals surface area contributed by atoms with Gasteiger partial charge in [0.2, 0.25) is 10.0 Å². The van der Waals surface area contributed by atoms with E-state index in [1.165, 1.54) is 4.31 Å². The molecule has 1 fully saturated rings. The van der Waals surface area contributed by atoms with E-state index in [1.54, 1.807) is 36.6 Å². The lowest BCUT2D eigenvalue weighted by Crippen LogP contribution is -2.40. The molecule has 0 unspecified atom stereocenters. The minimum atomic E-state index is -3.61. The molecule has 0 radical (unpaired) electrons. The second kappa shape index (κ2) is 9.32. The number of furan rings is 1. The molecule has 0 aliphatic carbocycles. The summed E-state index contributed by atoms with van der Waals surface area (Å²) in [6.07, 6.45) is 1.62. The van der Waals surface area contributed by atoms with Crippen LogP contribution in [0, 0.1) is 13.8 Å². The quantitative estimate of drug-likeness (QED) is 0.505. The minimum Gasteiger partial charge on any atom is -0.467 e. The van der Waals surface area contributed by atoms with Crippen LogP contribution in [0.4, 0.5) is 0 Å². The molecule has 0 spiro atoms. The molecule has 1 aliphatic rings. The van der Waals surface area contributed by atoms with Crippen molar-refractivity contribution in [3.8, 4) is 0 Å². The average molecular weight is 459 g/mol. The maximum absolute atomic E-state index is 12.9. The summed E-state index contributed by atoms with van der Waals surface area (Å²) in [7, 11) is -3.61. The summed E-state index contributed by atoms with van der Waals surface area (Å²) in [6, 6.07) is 12.0. The van der Waals surface area contributed by atoms with Crippen LogP contribution in [0.1, 0.15) is 33.1 Å². The van der Waals surface area contributed by atoms with Gasteiger partial charge in [-0.1, -0.05) is 12.1 Å². The number of nitrogens with zero attached hydrogens (tertiary/aromatic N) is 2. The van der Waals surface area contributed by atoms with Gasteiger partial charge in [-0.2, -0.15) is 4.31 Å². The second-order valence-corrected chi connectivity index (χ2v) is 9.63. The number of sulfonamides is 1. The first kappa shape index (κ1) is 22.3. The zero-order valence-electron chi connectivity index (χ0n) is 18.1. The topological polar surface area (TPSA) is 91.0 Å². The Morgan fingerprint density at radius 2 is 1.88 bits per heavy atom. The number of rotatable bonds is 7. The molecule has 3 heterocycles. The van der Waals surface area contributed by atoms with Crippen molar-refractivity contribution in [3.05, 3.63) is 77.0 Å². The first-order valence-corrected chi connectivity index (χ1v) is 11.8. The van der Waals surface area contributed by atoms with Crippen molar-refractivity contribution in [2.45, 2.75) is 31.9 Å². The number of benzene rings is 1. The van der Waals surface area contributed by atoms with Crippen LogP contribution in [0.5, 0.6) is 0 Å². The van der Waals surface area contributed by atoms with Crippen LogP contribution in [0.15, 0.2) is 58.0 Å². The molecule has 0 N–H and O–H groups in total. The number of esters is 1. The molecule has 0 amide bonds. The number of carbonyl (C=O) groups is 1. The first-order chi connectivity index (χ1) is 15.4. The SMILES string of the molecule is Cc1cc(C(=O)OCc2cccc(S(=O)(=O)N3CCOCC3)c2)c(C)n1Cc1ccco1. The van der Waals surface area contributed by atoms with Crippen LogP contribution in [-0.4, -0.2) is 49.6 Å². The molecule has 170 valence electrons. The highest BCUT2D eigenvalue weighted by Crippen LogP contribution is 2.21. The fraction of sp³-hybridized carbons (Fsp3) is 0.348. The van der Waals surface area contributed by atoms with Crippen molar-refractivity contribution in [1.82, 2.24) is 8.87 Å². The Morgan fingerprint density at radius 1 is 1.09 bits per heavy atom.